The lowest BCUT2D eigenvalue weighted by Crippen LogP contribution is -2.57. The smallest absolute Gasteiger partial charge is 0.275 e. The fourth-order valence-corrected chi connectivity index (χ4v) is 5.90. The van der Waals surface area contributed by atoms with Gasteiger partial charge in [-0.05, 0) is 54.5 Å². The van der Waals surface area contributed by atoms with E-state index in [9.17, 15) is 14.7 Å². The standard InChI is InChI=1S/C26H29FN4O5/c1-4-35-19-6-5-16-18(29-19)8-10-30(24(34)26-13-20(32)31(26)36-26)22(16)23(33)28-15-11-14-7-9-25(2,3)21(14)17(27)12-15/h5-6,11-12,20,22,32H,4,7-10,13H2,1-3H3,(H,28,33)/t20?,22-,26?,31?/m0/s1. The Kier molecular flexibility index (Phi) is 5.16. The van der Waals surface area contributed by atoms with Crippen LogP contribution in [-0.2, 0) is 32.7 Å². The van der Waals surface area contributed by atoms with Crippen LogP contribution < -0.4 is 10.1 Å². The van der Waals surface area contributed by atoms with Crippen LogP contribution in [0.15, 0.2) is 24.3 Å². The summed E-state index contributed by atoms with van der Waals surface area (Å²) in [7, 11) is 0. The Morgan fingerprint density at radius 2 is 2.11 bits per heavy atom. The van der Waals surface area contributed by atoms with Crippen LogP contribution in [0.1, 0.15) is 62.0 Å². The first-order chi connectivity index (χ1) is 17.1. The molecule has 0 radical (unpaired) electrons. The Balaban J connectivity index is 1.33. The number of aryl methyl sites for hydroxylation is 1. The van der Waals surface area contributed by atoms with Crippen LogP contribution in [0.4, 0.5) is 10.1 Å². The first kappa shape index (κ1) is 23.3. The summed E-state index contributed by atoms with van der Waals surface area (Å²) in [6.07, 6.45) is 1.34. The monoisotopic (exact) mass is 496 g/mol. The fourth-order valence-electron chi connectivity index (χ4n) is 5.90. The van der Waals surface area contributed by atoms with Crippen LogP contribution in [-0.4, -0.2) is 57.0 Å². The Morgan fingerprint density at radius 1 is 1.31 bits per heavy atom. The third kappa shape index (κ3) is 3.42. The van der Waals surface area contributed by atoms with Crippen LogP contribution in [0.5, 0.6) is 5.88 Å². The van der Waals surface area contributed by atoms with Crippen LogP contribution >= 0.6 is 0 Å². The number of aliphatic hydroxyl groups excluding tert-OH is 1. The number of hydrogen-bond donors (Lipinski definition) is 2. The average Bonchev–Trinajstić information content (AvgIpc) is 3.35. The summed E-state index contributed by atoms with van der Waals surface area (Å²) < 4.78 is 20.6. The zero-order chi connectivity index (χ0) is 25.4. The van der Waals surface area contributed by atoms with Crippen molar-refractivity contribution in [1.29, 1.82) is 0 Å². The molecular weight excluding hydrogens is 467 g/mol. The number of anilines is 1. The number of halogens is 1. The minimum atomic E-state index is -1.21. The number of aliphatic hydroxyl groups is 1. The van der Waals surface area contributed by atoms with E-state index in [1.807, 2.05) is 26.8 Å². The van der Waals surface area contributed by atoms with Crippen LogP contribution in [0.25, 0.3) is 0 Å². The molecule has 3 aliphatic heterocycles. The second kappa shape index (κ2) is 7.96. The summed E-state index contributed by atoms with van der Waals surface area (Å²) in [4.78, 5) is 38.6. The lowest BCUT2D eigenvalue weighted by Gasteiger charge is -2.38. The number of nitrogens with zero attached hydrogens (tertiary/aromatic N) is 3. The van der Waals surface area contributed by atoms with Crippen molar-refractivity contribution >= 4 is 17.5 Å². The largest absolute Gasteiger partial charge is 0.478 e. The van der Waals surface area contributed by atoms with Gasteiger partial charge in [-0.25, -0.2) is 9.37 Å². The third-order valence-corrected chi connectivity index (χ3v) is 7.75. The third-order valence-electron chi connectivity index (χ3n) is 7.75. The van der Waals surface area contributed by atoms with E-state index in [1.54, 1.807) is 12.1 Å². The van der Waals surface area contributed by atoms with Gasteiger partial charge >= 0.3 is 0 Å². The predicted octanol–water partition coefficient (Wildman–Crippen LogP) is 2.57. The van der Waals surface area contributed by atoms with Crippen molar-refractivity contribution in [3.63, 3.8) is 0 Å². The van der Waals surface area contributed by atoms with E-state index in [0.717, 1.165) is 18.4 Å². The van der Waals surface area contributed by atoms with Crippen molar-refractivity contribution in [2.24, 2.45) is 0 Å². The molecule has 6 rings (SSSR count). The number of amides is 2. The summed E-state index contributed by atoms with van der Waals surface area (Å²) in [6, 6.07) is 5.61. The van der Waals surface area contributed by atoms with Gasteiger partial charge in [0.2, 0.25) is 11.6 Å². The maximum absolute atomic E-state index is 15.1. The molecule has 10 heteroatoms. The summed E-state index contributed by atoms with van der Waals surface area (Å²) >= 11 is 0. The number of hydroxylamine groups is 2. The molecule has 9 nitrogen and oxygen atoms in total. The van der Waals surface area contributed by atoms with Crippen molar-refractivity contribution in [3.8, 4) is 5.88 Å². The van der Waals surface area contributed by atoms with Crippen molar-refractivity contribution in [3.05, 3.63) is 52.5 Å². The zero-order valence-electron chi connectivity index (χ0n) is 20.5. The molecule has 1 aromatic heterocycles. The van der Waals surface area contributed by atoms with Gasteiger partial charge in [-0.15, -0.1) is 5.06 Å². The predicted molar refractivity (Wildman–Crippen MR) is 126 cm³/mol. The quantitative estimate of drug-likeness (QED) is 0.613. The van der Waals surface area contributed by atoms with Crippen molar-refractivity contribution in [1.82, 2.24) is 14.9 Å². The highest BCUT2D eigenvalue weighted by Crippen LogP contribution is 2.53. The molecular formula is C26H29FN4O5. The number of ether oxygens (including phenoxy) is 1. The van der Waals surface area contributed by atoms with Crippen molar-refractivity contribution in [2.75, 3.05) is 18.5 Å². The van der Waals surface area contributed by atoms with Gasteiger partial charge in [-0.1, -0.05) is 13.8 Å². The number of hydrogen-bond acceptors (Lipinski definition) is 7. The number of carbonyl (C=O) groups is 2. The van der Waals surface area contributed by atoms with Gasteiger partial charge in [-0.2, -0.15) is 0 Å². The van der Waals surface area contributed by atoms with Gasteiger partial charge in [0, 0.05) is 36.7 Å². The highest BCUT2D eigenvalue weighted by atomic mass is 19.1. The highest BCUT2D eigenvalue weighted by molar-refractivity contribution is 6.00. The molecule has 2 saturated heterocycles. The molecule has 4 atom stereocenters. The normalized spacial score (nSPS) is 28.9. The first-order valence-corrected chi connectivity index (χ1v) is 12.4. The van der Waals surface area contributed by atoms with Crippen LogP contribution in [0.2, 0.25) is 0 Å². The van der Waals surface area contributed by atoms with Gasteiger partial charge in [-0.3, -0.25) is 14.4 Å². The van der Waals surface area contributed by atoms with Gasteiger partial charge in [0.15, 0.2) is 0 Å². The van der Waals surface area contributed by atoms with E-state index in [4.69, 9.17) is 9.57 Å². The highest BCUT2D eigenvalue weighted by Gasteiger charge is 2.75. The molecule has 0 spiro atoms. The van der Waals surface area contributed by atoms with E-state index in [2.05, 4.69) is 10.3 Å². The second-order valence-electron chi connectivity index (χ2n) is 10.5. The molecule has 2 amide bonds. The molecule has 2 fully saturated rings. The summed E-state index contributed by atoms with van der Waals surface area (Å²) in [6.45, 7) is 6.61. The Morgan fingerprint density at radius 3 is 2.81 bits per heavy atom. The minimum absolute atomic E-state index is 0.150. The fraction of sp³-hybridized carbons (Fsp3) is 0.500. The Bertz CT molecular complexity index is 1280. The van der Waals surface area contributed by atoms with E-state index in [-0.39, 0.29) is 30.1 Å². The lowest BCUT2D eigenvalue weighted by molar-refractivity contribution is -0.151. The van der Waals surface area contributed by atoms with Gasteiger partial charge in [0.25, 0.3) is 11.8 Å². The molecule has 2 N–H and O–H groups in total. The number of fused-ring (bicyclic) bond motifs is 3. The van der Waals surface area contributed by atoms with Crippen LogP contribution in [0.3, 0.4) is 0 Å². The first-order valence-electron chi connectivity index (χ1n) is 12.4. The van der Waals surface area contributed by atoms with E-state index >= 15 is 4.39 Å². The molecule has 36 heavy (non-hydrogen) atoms. The van der Waals surface area contributed by atoms with E-state index in [0.29, 0.717) is 41.4 Å². The number of rotatable bonds is 5. The Hall–Kier alpha value is -3.08. The SMILES string of the molecule is CCOc1ccc2c(n1)CCN(C(=O)C13CC(O)N1O3)[C@@H]2C(=O)Nc1cc(F)c2c(c1)CCC2(C)C. The van der Waals surface area contributed by atoms with Gasteiger partial charge < -0.3 is 20.1 Å². The number of pyridine rings is 1. The molecule has 3 unspecified atom stereocenters. The molecule has 0 saturated carbocycles. The van der Waals surface area contributed by atoms with E-state index < -0.39 is 23.9 Å². The number of carbonyl (C=O) groups excluding carboxylic acids is 2. The molecule has 0 bridgehead atoms. The minimum Gasteiger partial charge on any atom is -0.478 e. The summed E-state index contributed by atoms with van der Waals surface area (Å²) in [5.74, 6) is -0.727. The maximum atomic E-state index is 15.1. The summed E-state index contributed by atoms with van der Waals surface area (Å²) in [5, 5.41) is 13.9. The number of nitrogens with one attached hydrogen (secondary N) is 1. The molecule has 2 aromatic rings. The zero-order valence-corrected chi connectivity index (χ0v) is 20.5. The van der Waals surface area contributed by atoms with Crippen molar-refractivity contribution in [2.45, 2.75) is 69.9 Å². The number of aromatic nitrogens is 1. The van der Waals surface area contributed by atoms with Crippen LogP contribution in [0, 0.1) is 5.82 Å². The molecule has 4 heterocycles. The molecule has 1 aliphatic carbocycles. The Labute approximate surface area is 208 Å². The number of benzene rings is 1. The van der Waals surface area contributed by atoms with Gasteiger partial charge in [0.05, 0.1) is 12.3 Å². The molecule has 1 aromatic carbocycles. The van der Waals surface area contributed by atoms with Gasteiger partial charge in [0.1, 0.15) is 18.1 Å². The van der Waals surface area contributed by atoms with Crippen molar-refractivity contribution < 1.29 is 28.7 Å². The molecule has 4 aliphatic rings. The lowest BCUT2D eigenvalue weighted by atomic mass is 9.86. The average molecular weight is 497 g/mol. The topological polar surface area (TPSA) is 107 Å². The molecule has 190 valence electrons. The second-order valence-corrected chi connectivity index (χ2v) is 10.5. The maximum Gasteiger partial charge on any atom is 0.275 e. The van der Waals surface area contributed by atoms with E-state index in [1.165, 1.54) is 16.0 Å². The summed E-state index contributed by atoms with van der Waals surface area (Å²) in [5.41, 5.74) is 1.74.